The summed E-state index contributed by atoms with van der Waals surface area (Å²) >= 11 is 0. The first-order valence-corrected chi connectivity index (χ1v) is 12.7. The Bertz CT molecular complexity index is 1040. The van der Waals surface area contributed by atoms with Crippen molar-refractivity contribution >= 4 is 28.8 Å². The van der Waals surface area contributed by atoms with Gasteiger partial charge < -0.3 is 20.5 Å². The molecule has 35 heavy (non-hydrogen) atoms. The van der Waals surface area contributed by atoms with Crippen LogP contribution in [0.25, 0.3) is 11.0 Å². The van der Waals surface area contributed by atoms with Crippen molar-refractivity contribution in [2.45, 2.75) is 90.8 Å². The molecule has 0 saturated carbocycles. The normalized spacial score (nSPS) is 17.9. The highest BCUT2D eigenvalue weighted by Gasteiger charge is 2.31. The second-order valence-electron chi connectivity index (χ2n) is 9.89. The number of para-hydroxylation sites is 1. The van der Waals surface area contributed by atoms with Crippen molar-refractivity contribution in [1.82, 2.24) is 25.5 Å². The van der Waals surface area contributed by atoms with Gasteiger partial charge in [0.25, 0.3) is 0 Å². The quantitative estimate of drug-likeness (QED) is 0.471. The van der Waals surface area contributed by atoms with Crippen molar-refractivity contribution in [3.05, 3.63) is 29.8 Å². The molecule has 1 aromatic carbocycles. The average Bonchev–Trinajstić information content (AvgIpc) is 3.28. The van der Waals surface area contributed by atoms with Crippen LogP contribution in [0.15, 0.2) is 18.2 Å². The van der Waals surface area contributed by atoms with Crippen molar-refractivity contribution in [2.75, 3.05) is 6.54 Å². The van der Waals surface area contributed by atoms with Crippen molar-refractivity contribution in [2.24, 2.45) is 5.92 Å². The van der Waals surface area contributed by atoms with Crippen molar-refractivity contribution in [3.8, 4) is 0 Å². The Morgan fingerprint density at radius 2 is 1.97 bits per heavy atom. The maximum Gasteiger partial charge on any atom is 0.243 e. The number of hydrogen-bond acceptors (Lipinski definition) is 4. The topological polar surface area (TPSA) is 107 Å². The lowest BCUT2D eigenvalue weighted by atomic mass is 9.98. The number of fused-ring (bicyclic) bond motifs is 1. The molecule has 8 nitrogen and oxygen atoms in total. The zero-order chi connectivity index (χ0) is 25.5. The minimum Gasteiger partial charge on any atom is -0.345 e. The maximum absolute atomic E-state index is 14.0. The molecule has 192 valence electrons. The van der Waals surface area contributed by atoms with Gasteiger partial charge in [-0.25, -0.2) is 9.37 Å². The van der Waals surface area contributed by atoms with Crippen LogP contribution in [0.5, 0.6) is 0 Å². The molecule has 0 aliphatic carbocycles. The molecule has 9 heteroatoms. The fourth-order valence-electron chi connectivity index (χ4n) is 4.54. The summed E-state index contributed by atoms with van der Waals surface area (Å²) in [5, 5.41) is 5.62. The number of halogens is 1. The molecule has 1 saturated heterocycles. The molecular weight excluding hydrogens is 449 g/mol. The van der Waals surface area contributed by atoms with E-state index in [2.05, 4.69) is 27.5 Å². The van der Waals surface area contributed by atoms with Gasteiger partial charge in [-0.1, -0.05) is 26.8 Å². The molecule has 0 spiro atoms. The molecule has 1 fully saturated rings. The van der Waals surface area contributed by atoms with Gasteiger partial charge in [0.15, 0.2) is 5.82 Å². The number of hydrogen-bond donors (Lipinski definition) is 3. The number of likely N-dealkylation sites (tertiary alicyclic amines) is 1. The Morgan fingerprint density at radius 1 is 1.20 bits per heavy atom. The van der Waals surface area contributed by atoms with Crippen LogP contribution in [-0.2, 0) is 14.4 Å². The number of rotatable bonds is 10. The Hall–Kier alpha value is -2.97. The Morgan fingerprint density at radius 3 is 2.66 bits per heavy atom. The molecule has 1 aliphatic rings. The highest BCUT2D eigenvalue weighted by atomic mass is 19.1. The van der Waals surface area contributed by atoms with Gasteiger partial charge >= 0.3 is 0 Å². The molecule has 3 amide bonds. The van der Waals surface area contributed by atoms with Gasteiger partial charge in [0.2, 0.25) is 17.7 Å². The van der Waals surface area contributed by atoms with Crippen LogP contribution in [0.4, 0.5) is 4.39 Å². The van der Waals surface area contributed by atoms with Crippen molar-refractivity contribution < 1.29 is 18.8 Å². The van der Waals surface area contributed by atoms with Crippen LogP contribution in [0.3, 0.4) is 0 Å². The van der Waals surface area contributed by atoms with E-state index in [0.717, 1.165) is 25.7 Å². The second kappa shape index (κ2) is 12.1. The van der Waals surface area contributed by atoms with E-state index in [9.17, 15) is 18.8 Å². The lowest BCUT2D eigenvalue weighted by molar-refractivity contribution is -0.139. The summed E-state index contributed by atoms with van der Waals surface area (Å²) in [6.45, 7) is 8.52. The number of nitrogens with one attached hydrogen (secondary N) is 3. The van der Waals surface area contributed by atoms with E-state index in [4.69, 9.17) is 0 Å². The summed E-state index contributed by atoms with van der Waals surface area (Å²) in [5.74, 6) is -0.542. The molecular formula is C26H38FN5O3. The number of piperidine rings is 1. The number of nitrogens with zero attached hydrogens (tertiary/aromatic N) is 2. The summed E-state index contributed by atoms with van der Waals surface area (Å²) < 4.78 is 14.0. The summed E-state index contributed by atoms with van der Waals surface area (Å²) in [7, 11) is 0. The molecule has 1 aromatic heterocycles. The van der Waals surface area contributed by atoms with Crippen LogP contribution < -0.4 is 10.6 Å². The fraction of sp³-hybridized carbons (Fsp3) is 0.615. The van der Waals surface area contributed by atoms with Crippen molar-refractivity contribution in [1.29, 1.82) is 0 Å². The number of aromatic nitrogens is 2. The Labute approximate surface area is 206 Å². The standard InChI is InChI=1S/C26H38FN5O3/c1-5-18-9-6-7-14-32(18)23(34)15-21(29-22(33)13-12-16(2)3)26(35)28-17(4)25-30-20-11-8-10-19(27)24(20)31-25/h8,10-11,16-18,21H,5-7,9,12-15H2,1-4H3,(H,28,35)(H,29,33)(H,30,31)/t17?,18-,21?/m0/s1. The predicted molar refractivity (Wildman–Crippen MR) is 133 cm³/mol. The summed E-state index contributed by atoms with van der Waals surface area (Å²) in [4.78, 5) is 48.2. The number of carbonyl (C=O) groups is 3. The van der Waals surface area contributed by atoms with Crippen LogP contribution >= 0.6 is 0 Å². The molecule has 0 radical (unpaired) electrons. The average molecular weight is 488 g/mol. The highest BCUT2D eigenvalue weighted by Crippen LogP contribution is 2.22. The third-order valence-electron chi connectivity index (χ3n) is 6.65. The third kappa shape index (κ3) is 7.02. The van der Waals surface area contributed by atoms with Gasteiger partial charge in [-0.15, -0.1) is 0 Å². The summed E-state index contributed by atoms with van der Waals surface area (Å²) in [5.41, 5.74) is 0.735. The van der Waals surface area contributed by atoms with Crippen LogP contribution in [-0.4, -0.2) is 51.2 Å². The first kappa shape index (κ1) is 26.6. The van der Waals surface area contributed by atoms with E-state index in [1.54, 1.807) is 19.1 Å². The number of carbonyl (C=O) groups excluding carboxylic acids is 3. The van der Waals surface area contributed by atoms with Crippen LogP contribution in [0.2, 0.25) is 0 Å². The first-order chi connectivity index (χ1) is 16.7. The third-order valence-corrected chi connectivity index (χ3v) is 6.65. The van der Waals surface area contributed by atoms with Gasteiger partial charge in [0.05, 0.1) is 18.0 Å². The van der Waals surface area contributed by atoms with Crippen LogP contribution in [0.1, 0.15) is 84.5 Å². The molecule has 3 rings (SSSR count). The molecule has 3 N–H and O–H groups in total. The minimum atomic E-state index is -0.995. The van der Waals surface area contributed by atoms with E-state index in [0.29, 0.717) is 30.2 Å². The van der Waals surface area contributed by atoms with Gasteiger partial charge in [0, 0.05) is 19.0 Å². The van der Waals surface area contributed by atoms with Crippen LogP contribution in [0, 0.1) is 11.7 Å². The number of H-pyrrole nitrogens is 1. The largest absolute Gasteiger partial charge is 0.345 e. The van der Waals surface area contributed by atoms with E-state index in [1.807, 2.05) is 18.7 Å². The zero-order valence-corrected chi connectivity index (χ0v) is 21.2. The smallest absolute Gasteiger partial charge is 0.243 e. The SMILES string of the molecule is CC[C@H]1CCCCN1C(=O)CC(NC(=O)CCC(C)C)C(=O)NC(C)c1nc2c(F)cccc2[nH]1. The number of benzene rings is 1. The number of amides is 3. The maximum atomic E-state index is 14.0. The van der Waals surface area contributed by atoms with E-state index in [-0.39, 0.29) is 36.2 Å². The molecule has 1 aliphatic heterocycles. The zero-order valence-electron chi connectivity index (χ0n) is 21.2. The Balaban J connectivity index is 1.73. The number of aromatic amines is 1. The monoisotopic (exact) mass is 487 g/mol. The van der Waals surface area contributed by atoms with E-state index >= 15 is 0 Å². The first-order valence-electron chi connectivity index (χ1n) is 12.7. The summed E-state index contributed by atoms with van der Waals surface area (Å²) in [6.07, 6.45) is 4.74. The molecule has 3 atom stereocenters. The Kier molecular flexibility index (Phi) is 9.23. The molecule has 2 aromatic rings. The van der Waals surface area contributed by atoms with Crippen molar-refractivity contribution in [3.63, 3.8) is 0 Å². The van der Waals surface area contributed by atoms with Gasteiger partial charge in [-0.3, -0.25) is 14.4 Å². The minimum absolute atomic E-state index is 0.1000. The predicted octanol–water partition coefficient (Wildman–Crippen LogP) is 3.98. The lowest BCUT2D eigenvalue weighted by Crippen LogP contribution is -2.52. The van der Waals surface area contributed by atoms with E-state index < -0.39 is 23.8 Å². The van der Waals surface area contributed by atoms with Gasteiger partial charge in [0.1, 0.15) is 17.4 Å². The number of imidazole rings is 1. The van der Waals surface area contributed by atoms with Gasteiger partial charge in [-0.2, -0.15) is 0 Å². The lowest BCUT2D eigenvalue weighted by Gasteiger charge is -2.36. The molecule has 2 unspecified atom stereocenters. The second-order valence-corrected chi connectivity index (χ2v) is 9.89. The van der Waals surface area contributed by atoms with Gasteiger partial charge in [-0.05, 0) is 57.1 Å². The van der Waals surface area contributed by atoms with E-state index in [1.165, 1.54) is 6.07 Å². The summed E-state index contributed by atoms with van der Waals surface area (Å²) in [6, 6.07) is 3.22. The molecule has 2 heterocycles. The fourth-order valence-corrected chi connectivity index (χ4v) is 4.54. The molecule has 0 bridgehead atoms. The highest BCUT2D eigenvalue weighted by molar-refractivity contribution is 5.92.